The number of nitrogens with two attached hydrogens (primary N) is 1. The molecule has 0 bridgehead atoms. The van der Waals surface area contributed by atoms with Crippen molar-refractivity contribution in [2.45, 2.75) is 19.3 Å². The van der Waals surface area contributed by atoms with Crippen molar-refractivity contribution in [3.63, 3.8) is 0 Å². The Hall–Kier alpha value is -1.16. The van der Waals surface area contributed by atoms with Crippen LogP contribution in [0.5, 0.6) is 0 Å². The number of rotatable bonds is 4. The fourth-order valence-corrected chi connectivity index (χ4v) is 1.71. The van der Waals surface area contributed by atoms with Gasteiger partial charge in [0.2, 0.25) is 0 Å². The van der Waals surface area contributed by atoms with Crippen LogP contribution in [0.15, 0.2) is 18.3 Å². The zero-order valence-electron chi connectivity index (χ0n) is 8.57. The summed E-state index contributed by atoms with van der Waals surface area (Å²) in [5, 5.41) is 3.32. The average Bonchev–Trinajstić information content (AvgIpc) is 2.16. The summed E-state index contributed by atoms with van der Waals surface area (Å²) in [7, 11) is 0. The first kappa shape index (κ1) is 10.4. The summed E-state index contributed by atoms with van der Waals surface area (Å²) in [5.41, 5.74) is 6.31. The van der Waals surface area contributed by atoms with Crippen molar-refractivity contribution in [3.05, 3.63) is 23.9 Å². The molecular weight excluding hydrogens is 206 g/mol. The Labute approximate surface area is 95.1 Å². The van der Waals surface area contributed by atoms with E-state index in [1.807, 2.05) is 12.1 Å². The molecule has 3 N–H and O–H groups in total. The van der Waals surface area contributed by atoms with E-state index in [1.165, 1.54) is 19.3 Å². The average molecular weight is 221 g/mol. The van der Waals surface area contributed by atoms with Crippen molar-refractivity contribution >= 4 is 23.0 Å². The van der Waals surface area contributed by atoms with Crippen LogP contribution in [0.3, 0.4) is 0 Å². The molecule has 0 radical (unpaired) electrons. The summed E-state index contributed by atoms with van der Waals surface area (Å²) in [6.07, 6.45) is 5.78. The lowest BCUT2D eigenvalue weighted by molar-refractivity contribution is 0.333. The zero-order valence-corrected chi connectivity index (χ0v) is 9.39. The smallest absolute Gasteiger partial charge is 0.125 e. The monoisotopic (exact) mass is 221 g/mol. The van der Waals surface area contributed by atoms with Gasteiger partial charge in [0, 0.05) is 18.3 Å². The van der Waals surface area contributed by atoms with Crippen molar-refractivity contribution in [2.75, 3.05) is 11.9 Å². The third-order valence-electron chi connectivity index (χ3n) is 2.84. The van der Waals surface area contributed by atoms with E-state index >= 15 is 0 Å². The third-order valence-corrected chi connectivity index (χ3v) is 3.08. The van der Waals surface area contributed by atoms with E-state index in [-0.39, 0.29) is 0 Å². The standard InChI is InChI=1S/C11H15N3S/c12-11(15)9-4-5-10(14-7-9)13-6-8-2-1-3-8/h4-5,7-8H,1-3,6H2,(H2,12,15)(H,13,14). The number of nitrogens with one attached hydrogen (secondary N) is 1. The highest BCUT2D eigenvalue weighted by atomic mass is 32.1. The van der Waals surface area contributed by atoms with Gasteiger partial charge in [0.05, 0.1) is 0 Å². The minimum Gasteiger partial charge on any atom is -0.389 e. The molecule has 0 saturated heterocycles. The molecule has 0 amide bonds. The molecule has 0 aliphatic heterocycles. The Morgan fingerprint density at radius 1 is 1.53 bits per heavy atom. The van der Waals surface area contributed by atoms with Crippen molar-refractivity contribution < 1.29 is 0 Å². The van der Waals surface area contributed by atoms with Gasteiger partial charge in [-0.3, -0.25) is 0 Å². The SMILES string of the molecule is NC(=S)c1ccc(NCC2CCC2)nc1. The molecule has 2 rings (SSSR count). The molecule has 4 heteroatoms. The molecule has 80 valence electrons. The Kier molecular flexibility index (Phi) is 3.16. The van der Waals surface area contributed by atoms with Gasteiger partial charge >= 0.3 is 0 Å². The van der Waals surface area contributed by atoms with Crippen molar-refractivity contribution in [1.29, 1.82) is 0 Å². The van der Waals surface area contributed by atoms with Crippen LogP contribution in [0, 0.1) is 5.92 Å². The molecule has 15 heavy (non-hydrogen) atoms. The van der Waals surface area contributed by atoms with Crippen molar-refractivity contribution in [3.8, 4) is 0 Å². The number of anilines is 1. The van der Waals surface area contributed by atoms with E-state index < -0.39 is 0 Å². The summed E-state index contributed by atoms with van der Waals surface area (Å²) >= 11 is 4.86. The van der Waals surface area contributed by atoms with Gasteiger partial charge in [-0.05, 0) is 30.9 Å². The summed E-state index contributed by atoms with van der Waals surface area (Å²) in [6.45, 7) is 1.03. The molecule has 1 aliphatic carbocycles. The van der Waals surface area contributed by atoms with E-state index in [0.29, 0.717) is 4.99 Å². The molecule has 1 fully saturated rings. The molecule has 1 saturated carbocycles. The second-order valence-electron chi connectivity index (χ2n) is 3.97. The van der Waals surface area contributed by atoms with Crippen LogP contribution in [0.25, 0.3) is 0 Å². The summed E-state index contributed by atoms with van der Waals surface area (Å²) in [6, 6.07) is 3.82. The maximum Gasteiger partial charge on any atom is 0.125 e. The molecule has 1 heterocycles. The summed E-state index contributed by atoms with van der Waals surface area (Å²) < 4.78 is 0. The van der Waals surface area contributed by atoms with Gasteiger partial charge in [-0.25, -0.2) is 4.98 Å². The maximum atomic E-state index is 5.49. The lowest BCUT2D eigenvalue weighted by Gasteiger charge is -2.25. The lowest BCUT2D eigenvalue weighted by atomic mass is 9.85. The van der Waals surface area contributed by atoms with Crippen molar-refractivity contribution in [1.82, 2.24) is 4.98 Å². The van der Waals surface area contributed by atoms with E-state index in [0.717, 1.165) is 23.8 Å². The van der Waals surface area contributed by atoms with Gasteiger partial charge < -0.3 is 11.1 Å². The van der Waals surface area contributed by atoms with Crippen LogP contribution in [-0.2, 0) is 0 Å². The third kappa shape index (κ3) is 2.65. The maximum absolute atomic E-state index is 5.49. The lowest BCUT2D eigenvalue weighted by Crippen LogP contribution is -2.21. The molecule has 1 aromatic rings. The highest BCUT2D eigenvalue weighted by molar-refractivity contribution is 7.80. The molecule has 0 spiro atoms. The first-order valence-corrected chi connectivity index (χ1v) is 5.66. The normalized spacial score (nSPS) is 15.7. The topological polar surface area (TPSA) is 50.9 Å². The van der Waals surface area contributed by atoms with Crippen LogP contribution in [0.4, 0.5) is 5.82 Å². The second kappa shape index (κ2) is 4.57. The summed E-state index contributed by atoms with van der Waals surface area (Å²) in [4.78, 5) is 4.65. The highest BCUT2D eigenvalue weighted by Crippen LogP contribution is 2.26. The highest BCUT2D eigenvalue weighted by Gasteiger charge is 2.16. The van der Waals surface area contributed by atoms with E-state index in [4.69, 9.17) is 18.0 Å². The Balaban J connectivity index is 1.88. The molecule has 0 atom stereocenters. The van der Waals surface area contributed by atoms with Gasteiger partial charge in [0.25, 0.3) is 0 Å². The molecule has 3 nitrogen and oxygen atoms in total. The zero-order chi connectivity index (χ0) is 10.7. The van der Waals surface area contributed by atoms with E-state index in [1.54, 1.807) is 6.20 Å². The molecular formula is C11H15N3S. The predicted molar refractivity (Wildman–Crippen MR) is 66.0 cm³/mol. The fraction of sp³-hybridized carbons (Fsp3) is 0.455. The van der Waals surface area contributed by atoms with Gasteiger partial charge in [-0.15, -0.1) is 0 Å². The number of nitrogens with zero attached hydrogens (tertiary/aromatic N) is 1. The fourth-order valence-electron chi connectivity index (χ4n) is 1.59. The number of thiocarbonyl (C=S) groups is 1. The minimum absolute atomic E-state index is 0.396. The van der Waals surface area contributed by atoms with E-state index in [9.17, 15) is 0 Å². The number of aromatic nitrogens is 1. The quantitative estimate of drug-likeness (QED) is 0.763. The first-order chi connectivity index (χ1) is 7.25. The van der Waals surface area contributed by atoms with E-state index in [2.05, 4.69) is 10.3 Å². The number of pyridine rings is 1. The van der Waals surface area contributed by atoms with Crippen LogP contribution in [0.2, 0.25) is 0 Å². The summed E-state index contributed by atoms with van der Waals surface area (Å²) in [5.74, 6) is 1.74. The van der Waals surface area contributed by atoms with Crippen LogP contribution in [0.1, 0.15) is 24.8 Å². The Morgan fingerprint density at radius 3 is 2.80 bits per heavy atom. The van der Waals surface area contributed by atoms with Crippen LogP contribution >= 0.6 is 12.2 Å². The molecule has 0 unspecified atom stereocenters. The molecule has 0 aromatic carbocycles. The first-order valence-electron chi connectivity index (χ1n) is 5.25. The Bertz CT molecular complexity index is 343. The van der Waals surface area contributed by atoms with Crippen LogP contribution in [-0.4, -0.2) is 16.5 Å². The molecule has 1 aromatic heterocycles. The number of hydrogen-bond donors (Lipinski definition) is 2. The minimum atomic E-state index is 0.396. The van der Waals surface area contributed by atoms with Crippen LogP contribution < -0.4 is 11.1 Å². The Morgan fingerprint density at radius 2 is 2.33 bits per heavy atom. The van der Waals surface area contributed by atoms with Gasteiger partial charge in [-0.1, -0.05) is 18.6 Å². The van der Waals surface area contributed by atoms with Gasteiger partial charge in [0.15, 0.2) is 0 Å². The second-order valence-corrected chi connectivity index (χ2v) is 4.41. The largest absolute Gasteiger partial charge is 0.389 e. The predicted octanol–water partition coefficient (Wildman–Crippen LogP) is 1.93. The number of hydrogen-bond acceptors (Lipinski definition) is 3. The van der Waals surface area contributed by atoms with Crippen molar-refractivity contribution in [2.24, 2.45) is 11.7 Å². The van der Waals surface area contributed by atoms with Gasteiger partial charge in [0.1, 0.15) is 10.8 Å². The van der Waals surface area contributed by atoms with Gasteiger partial charge in [-0.2, -0.15) is 0 Å². The molecule has 1 aliphatic rings.